The van der Waals surface area contributed by atoms with E-state index in [1.165, 1.54) is 7.06 Å². The lowest BCUT2D eigenvalue weighted by Crippen LogP contribution is -2.74. The van der Waals surface area contributed by atoms with Gasteiger partial charge in [0.15, 0.2) is 33.3 Å². The van der Waals surface area contributed by atoms with E-state index in [1.807, 2.05) is 11.4 Å². The van der Waals surface area contributed by atoms with Crippen LogP contribution in [0.5, 0.6) is 0 Å². The van der Waals surface area contributed by atoms with Crippen LogP contribution in [0.25, 0.3) is 0 Å². The predicted molar refractivity (Wildman–Crippen MR) is 158 cm³/mol. The van der Waals surface area contributed by atoms with Gasteiger partial charge in [0.25, 0.3) is 0 Å². The van der Waals surface area contributed by atoms with E-state index in [1.54, 1.807) is 0 Å². The second kappa shape index (κ2) is 11.4. The minimum Gasteiger partial charge on any atom is -0.454 e. The molecule has 0 spiro atoms. The first kappa shape index (κ1) is 30.9. The molecule has 0 aromatic rings. The summed E-state index contributed by atoms with van der Waals surface area (Å²) in [6.07, 6.45) is 0. The summed E-state index contributed by atoms with van der Waals surface area (Å²) >= 11 is 0. The fourth-order valence-corrected chi connectivity index (χ4v) is 20.3. The third kappa shape index (κ3) is 7.75. The highest BCUT2D eigenvalue weighted by Crippen LogP contribution is 2.44. The quantitative estimate of drug-likeness (QED) is 0.369. The first-order chi connectivity index (χ1) is 13.3. The Morgan fingerprint density at radius 1 is 0.833 bits per heavy atom. The smallest absolute Gasteiger partial charge is 0.197 e. The lowest BCUT2D eigenvalue weighted by Gasteiger charge is -2.58. The van der Waals surface area contributed by atoms with Crippen LogP contribution in [0.3, 0.4) is 0 Å². The molecule has 0 bridgehead atoms. The molecule has 0 aliphatic rings. The van der Waals surface area contributed by atoms with Crippen LogP contribution in [0, 0.1) is 0 Å². The van der Waals surface area contributed by atoms with Gasteiger partial charge in [-0.25, -0.2) is 0 Å². The number of hydrogen-bond acceptors (Lipinski definition) is 2. The Hall–Kier alpha value is 0.917. The van der Waals surface area contributed by atoms with Crippen molar-refractivity contribution in [2.75, 3.05) is 0 Å². The Morgan fingerprint density at radius 3 is 1.63 bits per heavy atom. The zero-order valence-electron chi connectivity index (χ0n) is 20.4. The van der Waals surface area contributed by atoms with E-state index < -0.39 is 57.5 Å². The van der Waals surface area contributed by atoms with E-state index in [4.69, 9.17) is 46.9 Å². The van der Waals surface area contributed by atoms with Gasteiger partial charge in [0.2, 0.25) is 0 Å². The summed E-state index contributed by atoms with van der Waals surface area (Å²) in [6, 6.07) is 0. The maximum absolute atomic E-state index is 6.81. The normalized spacial score (nSPS) is 14.9. The second-order valence-electron chi connectivity index (χ2n) is 10.2. The van der Waals surface area contributed by atoms with Gasteiger partial charge in [0.05, 0.1) is 7.17 Å². The van der Waals surface area contributed by atoms with Crippen LogP contribution in [0.1, 0.15) is 0 Å². The molecule has 0 aromatic carbocycles. The van der Waals surface area contributed by atoms with Crippen LogP contribution in [0.4, 0.5) is 0 Å². The van der Waals surface area contributed by atoms with Crippen molar-refractivity contribution in [3.63, 3.8) is 0 Å². The molecule has 2 nitrogen and oxygen atoms in total. The van der Waals surface area contributed by atoms with E-state index in [2.05, 4.69) is 72.7 Å². The van der Waals surface area contributed by atoms with Crippen LogP contribution in [-0.4, -0.2) is 106 Å². The molecule has 1 unspecified atom stereocenters. The number of rotatable bonds is 14. The third-order valence-electron chi connectivity index (χ3n) is 5.81. The van der Waals surface area contributed by atoms with E-state index in [0.717, 1.165) is 5.94 Å². The Morgan fingerprint density at radius 2 is 1.27 bits per heavy atom. The SMILES string of the molecule is [B][B]B([B])C(B([B])[B])(B([B])[B]C[Si](C)(C)O[Si](C)(C)C=C)[Si](C)(C)O[Si](C)(C)C=C. The predicted octanol–water partition coefficient (Wildman–Crippen LogP) is 1.24. The molecule has 0 aliphatic heterocycles. The van der Waals surface area contributed by atoms with E-state index >= 15 is 0 Å². The van der Waals surface area contributed by atoms with Gasteiger partial charge in [0, 0.05) is 65.2 Å². The van der Waals surface area contributed by atoms with Crippen molar-refractivity contribution in [1.82, 2.24) is 0 Å². The number of hydrogen-bond donors (Lipinski definition) is 0. The van der Waals surface area contributed by atoms with Crippen LogP contribution in [0.2, 0.25) is 63.1 Å². The zero-order valence-corrected chi connectivity index (χ0v) is 24.4. The van der Waals surface area contributed by atoms with Crippen molar-refractivity contribution in [2.24, 2.45) is 0 Å². The lowest BCUT2D eigenvalue weighted by molar-refractivity contribution is 0.553. The topological polar surface area (TPSA) is 18.5 Å². The van der Waals surface area contributed by atoms with Gasteiger partial charge in [-0.2, -0.15) is 0 Å². The van der Waals surface area contributed by atoms with Crippen LogP contribution >= 0.6 is 0 Å². The maximum atomic E-state index is 6.81. The average Bonchev–Trinajstić information content (AvgIpc) is 2.58. The average molecular weight is 453 g/mol. The van der Waals surface area contributed by atoms with Crippen LogP contribution in [-0.2, 0) is 8.23 Å². The van der Waals surface area contributed by atoms with Gasteiger partial charge < -0.3 is 8.23 Å². The summed E-state index contributed by atoms with van der Waals surface area (Å²) in [4.78, 5) is 0. The van der Waals surface area contributed by atoms with Crippen molar-refractivity contribution in [1.29, 1.82) is 0 Å². The van der Waals surface area contributed by atoms with E-state index in [0.29, 0.717) is 0 Å². The maximum Gasteiger partial charge on any atom is 0.197 e. The Bertz CT molecular complexity index is 593. The molecule has 0 heterocycles. The molecular weight excluding hydrogens is 421 g/mol. The second-order valence-corrected chi connectivity index (χ2v) is 26.9. The molecule has 0 saturated heterocycles. The van der Waals surface area contributed by atoms with Crippen molar-refractivity contribution in [2.45, 2.75) is 63.1 Å². The molecule has 1 atom stereocenters. The van der Waals surface area contributed by atoms with E-state index in [9.17, 15) is 0 Å². The molecule has 0 amide bonds. The Kier molecular flexibility index (Phi) is 11.7. The van der Waals surface area contributed by atoms with Gasteiger partial charge >= 0.3 is 0 Å². The highest BCUT2D eigenvalue weighted by atomic mass is 28.4. The third-order valence-corrected chi connectivity index (χ3v) is 20.5. The molecular formula is C14H32B10O2Si4. The summed E-state index contributed by atoms with van der Waals surface area (Å²) in [5, 5.41) is 0. The minimum atomic E-state index is -2.68. The molecule has 0 N–H and O–H groups in total. The summed E-state index contributed by atoms with van der Waals surface area (Å²) in [5.41, 5.74) is 3.85. The van der Waals surface area contributed by atoms with Crippen molar-refractivity contribution in [3.8, 4) is 0 Å². The highest BCUT2D eigenvalue weighted by molar-refractivity contribution is 7.65. The van der Waals surface area contributed by atoms with Gasteiger partial charge in [-0.15, -0.1) is 17.9 Å². The molecule has 12 radical (unpaired) electrons. The molecule has 30 heavy (non-hydrogen) atoms. The fourth-order valence-electron chi connectivity index (χ4n) is 4.22. The van der Waals surface area contributed by atoms with Gasteiger partial charge in [0.1, 0.15) is 0 Å². The molecule has 0 aliphatic carbocycles. The summed E-state index contributed by atoms with van der Waals surface area (Å²) in [6.45, 7) is 22.9. The molecule has 0 fully saturated rings. The van der Waals surface area contributed by atoms with Crippen molar-refractivity contribution < 1.29 is 8.23 Å². The van der Waals surface area contributed by atoms with Crippen LogP contribution < -0.4 is 0 Å². The fraction of sp³-hybridized carbons (Fsp3) is 0.714. The standard InChI is InChI=1S/C14H32B10O2Si4/c1-11-27(3,4)25-29(7,8)13-20-23(18)14(22(16)17,24(19)21-15)30(9,10)26-28(5,6)12-2/h11-12H,1-2,13H2,3-10H3. The zero-order chi connectivity index (χ0) is 24.2. The minimum absolute atomic E-state index is 0.507. The Labute approximate surface area is 200 Å². The van der Waals surface area contributed by atoms with Gasteiger partial charge in [-0.05, 0) is 52.4 Å². The highest BCUT2D eigenvalue weighted by Gasteiger charge is 2.56. The molecule has 16 heteroatoms. The molecule has 0 rings (SSSR count). The molecule has 0 aromatic heterocycles. The Balaban J connectivity index is 6.05. The monoisotopic (exact) mass is 454 g/mol. The van der Waals surface area contributed by atoms with Crippen molar-refractivity contribution in [3.05, 3.63) is 24.6 Å². The summed E-state index contributed by atoms with van der Waals surface area (Å²) in [5.74, 6) is 0.733. The van der Waals surface area contributed by atoms with Crippen LogP contribution in [0.15, 0.2) is 24.6 Å². The lowest BCUT2D eigenvalue weighted by atomic mass is 8.79. The van der Waals surface area contributed by atoms with Crippen molar-refractivity contribution >= 4 is 106 Å². The summed E-state index contributed by atoms with van der Waals surface area (Å²) < 4.78 is 12.3. The first-order valence-corrected chi connectivity index (χ1v) is 22.4. The first-order valence-electron chi connectivity index (χ1n) is 10.4. The van der Waals surface area contributed by atoms with Gasteiger partial charge in [-0.3, -0.25) is 0 Å². The van der Waals surface area contributed by atoms with Gasteiger partial charge in [-0.1, -0.05) is 17.3 Å². The largest absolute Gasteiger partial charge is 0.454 e. The van der Waals surface area contributed by atoms with E-state index in [-0.39, 0.29) is 0 Å². The molecule has 146 valence electrons. The summed E-state index contributed by atoms with van der Waals surface area (Å²) in [7, 11) is 26.8. The molecule has 0 saturated carbocycles.